The molecule has 164 valence electrons. The van der Waals surface area contributed by atoms with Gasteiger partial charge >= 0.3 is 0 Å². The van der Waals surface area contributed by atoms with Gasteiger partial charge in [0, 0.05) is 42.5 Å². The summed E-state index contributed by atoms with van der Waals surface area (Å²) in [4.78, 5) is 21.3. The smallest absolute Gasteiger partial charge is 0.271 e. The Morgan fingerprint density at radius 3 is 2.75 bits per heavy atom. The number of ether oxygens (including phenoxy) is 2. The molecule has 3 aromatic heterocycles. The first-order valence-electron chi connectivity index (χ1n) is 10.2. The number of carbonyl (C=O) groups is 1. The van der Waals surface area contributed by atoms with Gasteiger partial charge in [-0.15, -0.1) is 11.3 Å². The zero-order valence-corrected chi connectivity index (χ0v) is 18.6. The van der Waals surface area contributed by atoms with Crippen molar-refractivity contribution in [1.29, 1.82) is 0 Å². The number of carbonyl (C=O) groups excluding carboxylic acids is 1. The highest BCUT2D eigenvalue weighted by Crippen LogP contribution is 2.26. The number of benzene rings is 1. The first kappa shape index (κ1) is 21.5. The fourth-order valence-corrected chi connectivity index (χ4v) is 3.67. The number of hydrogen-bond donors (Lipinski definition) is 1. The maximum atomic E-state index is 12.6. The molecular formula is C23H23N5O3S. The van der Waals surface area contributed by atoms with Crippen LogP contribution in [0.4, 0.5) is 0 Å². The molecule has 0 saturated heterocycles. The molecule has 3 heterocycles. The zero-order valence-electron chi connectivity index (χ0n) is 17.8. The van der Waals surface area contributed by atoms with Gasteiger partial charge in [-0.1, -0.05) is 13.0 Å². The highest BCUT2D eigenvalue weighted by Gasteiger charge is 2.14. The molecule has 8 nitrogen and oxygen atoms in total. The number of nitrogens with one attached hydrogen (secondary N) is 1. The van der Waals surface area contributed by atoms with Crippen molar-refractivity contribution in [2.45, 2.75) is 19.9 Å². The molecule has 1 aromatic carbocycles. The lowest BCUT2D eigenvalue weighted by Crippen LogP contribution is -2.23. The molecule has 1 N–H and O–H groups in total. The molecule has 0 saturated carbocycles. The van der Waals surface area contributed by atoms with E-state index in [4.69, 9.17) is 9.47 Å². The molecular weight excluding hydrogens is 426 g/mol. The number of aromatic nitrogens is 4. The van der Waals surface area contributed by atoms with Crippen molar-refractivity contribution in [2.75, 3.05) is 6.61 Å². The molecule has 4 aromatic rings. The van der Waals surface area contributed by atoms with E-state index in [1.807, 2.05) is 43.6 Å². The van der Waals surface area contributed by atoms with E-state index >= 15 is 0 Å². The second-order valence-electron chi connectivity index (χ2n) is 7.01. The monoisotopic (exact) mass is 449 g/mol. The number of pyridine rings is 1. The van der Waals surface area contributed by atoms with Crippen LogP contribution >= 0.6 is 11.3 Å². The predicted octanol–water partition coefficient (Wildman–Crippen LogP) is 4.45. The van der Waals surface area contributed by atoms with Gasteiger partial charge in [0.05, 0.1) is 12.8 Å². The zero-order chi connectivity index (χ0) is 22.3. The summed E-state index contributed by atoms with van der Waals surface area (Å²) >= 11 is 1.40. The van der Waals surface area contributed by atoms with Gasteiger partial charge in [0.2, 0.25) is 5.88 Å². The molecule has 0 spiro atoms. The topological polar surface area (TPSA) is 91.2 Å². The molecule has 0 aliphatic rings. The number of amides is 1. The van der Waals surface area contributed by atoms with Crippen LogP contribution in [0.5, 0.6) is 17.4 Å². The van der Waals surface area contributed by atoms with E-state index in [-0.39, 0.29) is 12.5 Å². The van der Waals surface area contributed by atoms with Crippen molar-refractivity contribution in [1.82, 2.24) is 25.1 Å². The van der Waals surface area contributed by atoms with Crippen molar-refractivity contribution in [3.8, 4) is 28.0 Å². The Labute approximate surface area is 189 Å². The summed E-state index contributed by atoms with van der Waals surface area (Å²) in [5.74, 6) is 1.61. The second kappa shape index (κ2) is 10.1. The van der Waals surface area contributed by atoms with Gasteiger partial charge in [-0.05, 0) is 36.8 Å². The predicted molar refractivity (Wildman–Crippen MR) is 122 cm³/mol. The van der Waals surface area contributed by atoms with Gasteiger partial charge in [0.1, 0.15) is 22.2 Å². The molecule has 0 unspecified atom stereocenters. The summed E-state index contributed by atoms with van der Waals surface area (Å²) in [7, 11) is 1.84. The van der Waals surface area contributed by atoms with Crippen molar-refractivity contribution < 1.29 is 14.3 Å². The van der Waals surface area contributed by atoms with Gasteiger partial charge in [-0.3, -0.25) is 9.48 Å². The Balaban J connectivity index is 1.39. The van der Waals surface area contributed by atoms with Crippen LogP contribution in [0.25, 0.3) is 10.6 Å². The van der Waals surface area contributed by atoms with Crippen molar-refractivity contribution in [3.05, 3.63) is 71.6 Å². The van der Waals surface area contributed by atoms with E-state index in [0.717, 1.165) is 28.3 Å². The molecule has 4 rings (SSSR count). The Morgan fingerprint density at radius 2 is 2.00 bits per heavy atom. The quantitative estimate of drug-likeness (QED) is 0.406. The van der Waals surface area contributed by atoms with Crippen molar-refractivity contribution in [2.24, 2.45) is 7.05 Å². The third kappa shape index (κ3) is 5.30. The summed E-state index contributed by atoms with van der Waals surface area (Å²) in [5, 5.41) is 9.51. The minimum Gasteiger partial charge on any atom is -0.494 e. The molecule has 9 heteroatoms. The van der Waals surface area contributed by atoms with Gasteiger partial charge in [-0.2, -0.15) is 5.10 Å². The fraction of sp³-hybridized carbons (Fsp3) is 0.217. The van der Waals surface area contributed by atoms with E-state index < -0.39 is 0 Å². The third-order valence-electron chi connectivity index (χ3n) is 4.49. The van der Waals surface area contributed by atoms with Gasteiger partial charge < -0.3 is 14.8 Å². The lowest BCUT2D eigenvalue weighted by Gasteiger charge is -2.11. The van der Waals surface area contributed by atoms with E-state index in [2.05, 4.69) is 27.3 Å². The summed E-state index contributed by atoms with van der Waals surface area (Å²) in [6, 6.07) is 11.0. The molecule has 0 atom stereocenters. The molecule has 1 amide bonds. The standard InChI is InChI=1S/C23H23N5O3S/c1-3-11-30-18-6-8-19(9-7-18)31-22-16(5-4-10-24-22)12-25-21(29)20-15-32-23(27-20)17-13-26-28(2)14-17/h4-10,13-15H,3,11-12H2,1-2H3,(H,25,29). The third-order valence-corrected chi connectivity index (χ3v) is 5.38. The van der Waals surface area contributed by atoms with Crippen LogP contribution in [0.1, 0.15) is 29.4 Å². The lowest BCUT2D eigenvalue weighted by molar-refractivity contribution is 0.0946. The first-order valence-corrected chi connectivity index (χ1v) is 11.1. The molecule has 32 heavy (non-hydrogen) atoms. The Bertz CT molecular complexity index is 1190. The molecule has 0 radical (unpaired) electrons. The van der Waals surface area contributed by atoms with Crippen molar-refractivity contribution >= 4 is 17.2 Å². The molecule has 0 aliphatic carbocycles. The highest BCUT2D eigenvalue weighted by atomic mass is 32.1. The average molecular weight is 450 g/mol. The minimum atomic E-state index is -0.261. The number of aryl methyl sites for hydroxylation is 1. The highest BCUT2D eigenvalue weighted by molar-refractivity contribution is 7.13. The van der Waals surface area contributed by atoms with E-state index in [1.165, 1.54) is 11.3 Å². The molecule has 0 bridgehead atoms. The second-order valence-corrected chi connectivity index (χ2v) is 7.87. The minimum absolute atomic E-state index is 0.261. The normalized spacial score (nSPS) is 10.7. The van der Waals surface area contributed by atoms with Crippen LogP contribution in [-0.4, -0.2) is 32.3 Å². The summed E-state index contributed by atoms with van der Waals surface area (Å²) in [5.41, 5.74) is 2.00. The number of rotatable bonds is 9. The summed E-state index contributed by atoms with van der Waals surface area (Å²) in [6.07, 6.45) is 6.19. The Kier molecular flexibility index (Phi) is 6.76. The van der Waals surface area contributed by atoms with E-state index in [9.17, 15) is 4.79 Å². The van der Waals surface area contributed by atoms with Crippen LogP contribution in [-0.2, 0) is 13.6 Å². The summed E-state index contributed by atoms with van der Waals surface area (Å²) < 4.78 is 13.2. The Morgan fingerprint density at radius 1 is 1.19 bits per heavy atom. The number of nitrogens with zero attached hydrogens (tertiary/aromatic N) is 4. The average Bonchev–Trinajstić information content (AvgIpc) is 3.47. The summed E-state index contributed by atoms with van der Waals surface area (Å²) in [6.45, 7) is 3.00. The van der Waals surface area contributed by atoms with Crippen molar-refractivity contribution in [3.63, 3.8) is 0 Å². The fourth-order valence-electron chi connectivity index (χ4n) is 2.89. The van der Waals surface area contributed by atoms with E-state index in [1.54, 1.807) is 28.5 Å². The molecule has 0 aliphatic heterocycles. The van der Waals surface area contributed by atoms with Crippen LogP contribution in [0, 0.1) is 0 Å². The largest absolute Gasteiger partial charge is 0.494 e. The lowest BCUT2D eigenvalue weighted by atomic mass is 10.2. The van der Waals surface area contributed by atoms with Crippen LogP contribution < -0.4 is 14.8 Å². The first-order chi connectivity index (χ1) is 15.6. The Hall–Kier alpha value is -3.72. The van der Waals surface area contributed by atoms with Gasteiger partial charge in [-0.25, -0.2) is 9.97 Å². The maximum absolute atomic E-state index is 12.6. The number of thiazole rings is 1. The number of hydrogen-bond acceptors (Lipinski definition) is 7. The maximum Gasteiger partial charge on any atom is 0.271 e. The van der Waals surface area contributed by atoms with Gasteiger partial charge in [0.15, 0.2) is 0 Å². The van der Waals surface area contributed by atoms with Crippen LogP contribution in [0.15, 0.2) is 60.4 Å². The SMILES string of the molecule is CCCOc1ccc(Oc2ncccc2CNC(=O)c2csc(-c3cnn(C)c3)n2)cc1. The van der Waals surface area contributed by atoms with Crippen LogP contribution in [0.2, 0.25) is 0 Å². The molecule has 0 fully saturated rings. The van der Waals surface area contributed by atoms with Crippen LogP contribution in [0.3, 0.4) is 0 Å². The van der Waals surface area contributed by atoms with E-state index in [0.29, 0.717) is 23.9 Å². The van der Waals surface area contributed by atoms with Gasteiger partial charge in [0.25, 0.3) is 5.91 Å².